The number of carbonyl (C=O) groups is 3. The first-order valence-electron chi connectivity index (χ1n) is 25.6. The van der Waals surface area contributed by atoms with Gasteiger partial charge < -0.3 is 47.4 Å². The van der Waals surface area contributed by atoms with Crippen LogP contribution in [0, 0.1) is 5.41 Å². The number of nitrogens with zero attached hydrogens (tertiary/aromatic N) is 4. The molecule has 0 radical (unpaired) electrons. The van der Waals surface area contributed by atoms with Crippen molar-refractivity contribution in [1.29, 1.82) is 0 Å². The second-order valence-electron chi connectivity index (χ2n) is 18.9. The number of rotatable bonds is 32. The molecule has 1 rings (SSSR count). The first-order chi connectivity index (χ1) is 40.4. The molecule has 17 nitrogen and oxygen atoms in total. The van der Waals surface area contributed by atoms with Crippen LogP contribution in [0.25, 0.3) is 0 Å². The Kier molecular flexibility index (Phi) is 31.5. The molecule has 0 atom stereocenters. The van der Waals surface area contributed by atoms with Crippen molar-refractivity contribution in [3.05, 3.63) is 0 Å². The van der Waals surface area contributed by atoms with E-state index in [1.807, 2.05) is 4.90 Å². The van der Waals surface area contributed by atoms with E-state index in [0.29, 0.717) is 13.1 Å². The highest BCUT2D eigenvalue weighted by atomic mass is 19.5. The van der Waals surface area contributed by atoms with Crippen LogP contribution in [0.3, 0.4) is 0 Å². The van der Waals surface area contributed by atoms with Crippen molar-refractivity contribution in [3.63, 3.8) is 0 Å². The third-order valence-corrected chi connectivity index (χ3v) is 12.4. The van der Waals surface area contributed by atoms with Crippen molar-refractivity contribution < 1.29 is 180 Å². The van der Waals surface area contributed by atoms with Crippen molar-refractivity contribution in [2.24, 2.45) is 5.41 Å². The topological polar surface area (TPSA) is 156 Å². The maximum absolute atomic E-state index is 13.9. The van der Waals surface area contributed by atoms with Gasteiger partial charge in [-0.15, -0.1) is 0 Å². The minimum absolute atomic E-state index is 0.0281. The minimum Gasteiger partial charge on any atom is -0.465 e. The van der Waals surface area contributed by atoms with Gasteiger partial charge in [-0.2, -0.15) is 119 Å². The summed E-state index contributed by atoms with van der Waals surface area (Å²) in [5, 5.41) is 0. The van der Waals surface area contributed by atoms with Crippen molar-refractivity contribution in [3.8, 4) is 0 Å². The Labute approximate surface area is 487 Å². The highest BCUT2D eigenvalue weighted by molar-refractivity contribution is 5.72. The van der Waals surface area contributed by atoms with Crippen LogP contribution in [-0.2, 0) is 61.8 Å². The van der Waals surface area contributed by atoms with Gasteiger partial charge in [0.1, 0.15) is 0 Å². The summed E-state index contributed by atoms with van der Waals surface area (Å²) in [5.74, 6) is -1.60. The summed E-state index contributed by atoms with van der Waals surface area (Å²) < 4.78 is 418. The van der Waals surface area contributed by atoms with Gasteiger partial charge in [0.15, 0.2) is 0 Å². The summed E-state index contributed by atoms with van der Waals surface area (Å²) in [6, 6.07) is 0. The molecule has 0 saturated carbocycles. The molecule has 0 aromatic carbocycles. The van der Waals surface area contributed by atoms with Gasteiger partial charge in [0.2, 0.25) is 0 Å². The number of hydrogen-bond donors (Lipinski definition) is 0. The molecule has 0 amide bonds. The summed E-state index contributed by atoms with van der Waals surface area (Å²) >= 11 is 0. The van der Waals surface area contributed by atoms with E-state index < -0.39 is 149 Å². The third-order valence-electron chi connectivity index (χ3n) is 12.4. The Morgan fingerprint density at radius 1 is 0.292 bits per heavy atom. The Bertz CT molecular complexity index is 1830. The lowest BCUT2D eigenvalue weighted by Gasteiger charge is -2.45. The van der Waals surface area contributed by atoms with Gasteiger partial charge in [-0.1, -0.05) is 0 Å². The van der Waals surface area contributed by atoms with E-state index in [9.17, 15) is 133 Å². The average Bonchev–Trinajstić information content (AvgIpc) is 0.743. The molecule has 0 bridgehead atoms. The van der Waals surface area contributed by atoms with Gasteiger partial charge in [-0.3, -0.25) is 34.0 Å². The first kappa shape index (κ1) is 83.1. The Hall–Kier alpha value is -3.92. The van der Waals surface area contributed by atoms with Gasteiger partial charge in [-0.05, 0) is 20.8 Å². The molecule has 1 heterocycles. The summed E-state index contributed by atoms with van der Waals surface area (Å²) in [7, 11) is 0. The zero-order valence-corrected chi connectivity index (χ0v) is 46.7. The number of hydrogen-bond acceptors (Lipinski definition) is 17. The van der Waals surface area contributed by atoms with Crippen LogP contribution < -0.4 is 0 Å². The predicted octanol–water partition coefficient (Wildman–Crippen LogP) is 8.28. The van der Waals surface area contributed by atoms with Gasteiger partial charge in [-0.25, -0.2) is 0 Å². The van der Waals surface area contributed by atoms with E-state index in [1.165, 1.54) is 0 Å². The van der Waals surface area contributed by atoms with Crippen LogP contribution in [0.2, 0.25) is 0 Å². The molecule has 89 heavy (non-hydrogen) atoms. The smallest absolute Gasteiger partial charge is 0.435 e. The van der Waals surface area contributed by atoms with Crippen molar-refractivity contribution in [1.82, 2.24) is 19.6 Å². The number of ether oxygens (including phenoxy) is 10. The number of carbonyl (C=O) groups excluding carboxylic acids is 3. The van der Waals surface area contributed by atoms with E-state index in [4.69, 9.17) is 28.4 Å². The molecule has 0 spiro atoms. The third kappa shape index (κ3) is 23.3. The van der Waals surface area contributed by atoms with Crippen LogP contribution in [-0.4, -0.2) is 281 Å². The Morgan fingerprint density at radius 3 is 0.708 bits per heavy atom. The van der Waals surface area contributed by atoms with Gasteiger partial charge in [0.05, 0.1) is 118 Å². The van der Waals surface area contributed by atoms with Crippen molar-refractivity contribution >= 4 is 17.9 Å². The van der Waals surface area contributed by atoms with E-state index >= 15 is 0 Å². The SMILES string of the molecule is CCOC(=O)CN1CCN(CCOCCOCCOCCOCC(COC(C(F)(F)F)(C(F)(F)F)C(F)(F)F)(COC(C(F)(F)F)(C(F)(F)F)C(F)(F)F)COC(C(F)(F)F)(C(F)(F)F)C(F)(F)F)CCN(CC(=O)OCC)CCN(CC(=O)OCC)CC1. The fraction of sp³-hybridized carbons (Fsp3) is 0.933. The van der Waals surface area contributed by atoms with E-state index in [0.717, 1.165) is 0 Å². The summed E-state index contributed by atoms with van der Waals surface area (Å²) in [6.45, 7) is -12.7. The summed E-state index contributed by atoms with van der Waals surface area (Å²) in [4.78, 5) is 44.6. The van der Waals surface area contributed by atoms with E-state index in [2.05, 4.69) is 18.9 Å². The molecule has 0 N–H and O–H groups in total. The second kappa shape index (κ2) is 33.8. The van der Waals surface area contributed by atoms with Crippen LogP contribution in [0.5, 0.6) is 0 Å². The molecule has 0 aromatic heterocycles. The van der Waals surface area contributed by atoms with Crippen LogP contribution >= 0.6 is 0 Å². The standard InChI is InChI=1S/C45H61F27N4O13/c1-4-84-30(77)23-74-9-7-73(8-10-75(24-31(78)85-5-2)12-14-76(13-11-74)25-32(79)86-6-3)15-16-80-17-18-81-19-20-82-21-22-83-26-33(27-87-34(37(46,47)48,38(49,50)51)39(52,53)54,28-88-35(40(55,56)57,41(58,59)60)42(61,62)63)29-89-36(43(64,65)66,44(67,68)69)45(70,71)72/h4-29H2,1-3H3. The Morgan fingerprint density at radius 2 is 0.494 bits per heavy atom. The lowest BCUT2D eigenvalue weighted by atomic mass is 9.89. The molecule has 1 fully saturated rings. The lowest BCUT2D eigenvalue weighted by Crippen LogP contribution is -2.71. The molecule has 44 heteroatoms. The van der Waals surface area contributed by atoms with Crippen molar-refractivity contribution in [2.75, 3.05) is 171 Å². The maximum atomic E-state index is 13.9. The minimum atomic E-state index is -8.10. The molecule has 1 aliphatic heterocycles. The lowest BCUT2D eigenvalue weighted by molar-refractivity contribution is -0.474. The molecule has 0 unspecified atom stereocenters. The van der Waals surface area contributed by atoms with E-state index in [1.54, 1.807) is 35.5 Å². The summed E-state index contributed by atoms with van der Waals surface area (Å²) in [6.07, 6.45) is -72.9. The largest absolute Gasteiger partial charge is 0.465 e. The molecular weight excluding hydrogens is 1320 g/mol. The van der Waals surface area contributed by atoms with Crippen LogP contribution in [0.15, 0.2) is 0 Å². The molecule has 0 aliphatic carbocycles. The number of esters is 3. The van der Waals surface area contributed by atoms with Gasteiger partial charge in [0.25, 0.3) is 0 Å². The summed E-state index contributed by atoms with van der Waals surface area (Å²) in [5.41, 5.74) is -29.1. The van der Waals surface area contributed by atoms with Crippen LogP contribution in [0.4, 0.5) is 119 Å². The highest BCUT2D eigenvalue weighted by Gasteiger charge is 2.89. The second-order valence-corrected chi connectivity index (χ2v) is 18.9. The fourth-order valence-electron chi connectivity index (χ4n) is 7.80. The molecule has 1 aliphatic rings. The average molecular weight is 1380 g/mol. The van der Waals surface area contributed by atoms with Gasteiger partial charge in [0, 0.05) is 58.9 Å². The zero-order valence-electron chi connectivity index (χ0n) is 46.7. The number of alkyl halides is 27. The normalized spacial score (nSPS) is 16.9. The fourth-order valence-corrected chi connectivity index (χ4v) is 7.80. The van der Waals surface area contributed by atoms with E-state index in [-0.39, 0.29) is 105 Å². The Balaban J connectivity index is 3.46. The highest BCUT2D eigenvalue weighted by Crippen LogP contribution is 2.59. The molecule has 1 saturated heterocycles. The zero-order chi connectivity index (χ0) is 69.0. The molecule has 528 valence electrons. The molecule has 0 aromatic rings. The quantitative estimate of drug-likeness (QED) is 0.0274. The van der Waals surface area contributed by atoms with Gasteiger partial charge >= 0.3 is 90.3 Å². The molecular formula is C45H61F27N4O13. The van der Waals surface area contributed by atoms with Crippen molar-refractivity contribution in [2.45, 2.75) is 93.2 Å². The predicted molar refractivity (Wildman–Crippen MR) is 242 cm³/mol. The first-order valence-corrected chi connectivity index (χ1v) is 25.6. The number of halogens is 27. The van der Waals surface area contributed by atoms with Crippen LogP contribution in [0.1, 0.15) is 20.8 Å². The maximum Gasteiger partial charge on any atom is 0.435 e. The monoisotopic (exact) mass is 1380 g/mol.